The Labute approximate surface area is 109 Å². The van der Waals surface area contributed by atoms with Crippen LogP contribution in [0.2, 0.25) is 5.02 Å². The van der Waals surface area contributed by atoms with E-state index < -0.39 is 17.5 Å². The van der Waals surface area contributed by atoms with Crippen LogP contribution in [0.5, 0.6) is 0 Å². The maximum Gasteiger partial charge on any atom is 0.337 e. The highest BCUT2D eigenvalue weighted by Crippen LogP contribution is 2.14. The number of aliphatic hydroxyl groups is 1. The fraction of sp³-hybridized carbons (Fsp3) is 0.455. The number of hydrogen-bond acceptors (Lipinski definition) is 3. The number of aliphatic carboxylic acids is 1. The Morgan fingerprint density at radius 3 is 2.67 bits per heavy atom. The molecule has 1 aromatic heterocycles. The van der Waals surface area contributed by atoms with Crippen LogP contribution < -0.4 is 5.32 Å². The van der Waals surface area contributed by atoms with Gasteiger partial charge in [0.25, 0.3) is 5.91 Å². The van der Waals surface area contributed by atoms with Gasteiger partial charge in [-0.15, -0.1) is 0 Å². The van der Waals surface area contributed by atoms with Gasteiger partial charge in [0.1, 0.15) is 5.69 Å². The molecule has 1 atom stereocenters. The molecule has 1 rings (SSSR count). The Morgan fingerprint density at radius 1 is 1.56 bits per heavy atom. The monoisotopic (exact) mass is 274 g/mol. The molecule has 100 valence electrons. The first kappa shape index (κ1) is 14.5. The number of hydrogen-bond donors (Lipinski definition) is 3. The van der Waals surface area contributed by atoms with Crippen molar-refractivity contribution >= 4 is 23.5 Å². The van der Waals surface area contributed by atoms with Gasteiger partial charge < -0.3 is 20.1 Å². The Bertz CT molecular complexity index is 468. The molecule has 0 saturated heterocycles. The fourth-order valence-electron chi connectivity index (χ4n) is 1.35. The topological polar surface area (TPSA) is 91.6 Å². The quantitative estimate of drug-likeness (QED) is 0.738. The summed E-state index contributed by atoms with van der Waals surface area (Å²) in [5.74, 6) is -1.88. The van der Waals surface area contributed by atoms with Crippen LogP contribution in [-0.4, -0.2) is 38.8 Å². The van der Waals surface area contributed by atoms with Crippen molar-refractivity contribution in [2.45, 2.75) is 26.0 Å². The molecule has 6 nitrogen and oxygen atoms in total. The van der Waals surface area contributed by atoms with E-state index in [9.17, 15) is 14.7 Å². The Hall–Kier alpha value is -1.53. The standard InChI is InChI=1S/C11H15ClN2O4/c1-3-14-5-7(12)4-8(14)9(15)13-6-11(2,18)10(16)17/h4-5,18H,3,6H2,1-2H3,(H,13,15)(H,16,17). The summed E-state index contributed by atoms with van der Waals surface area (Å²) in [4.78, 5) is 22.5. The number of carboxylic acid groups (broad SMARTS) is 1. The van der Waals surface area contributed by atoms with Crippen LogP contribution in [-0.2, 0) is 11.3 Å². The fourth-order valence-corrected chi connectivity index (χ4v) is 1.57. The van der Waals surface area contributed by atoms with Gasteiger partial charge in [0, 0.05) is 12.7 Å². The van der Waals surface area contributed by atoms with Crippen molar-refractivity contribution in [2.75, 3.05) is 6.54 Å². The van der Waals surface area contributed by atoms with Gasteiger partial charge in [-0.2, -0.15) is 0 Å². The Kier molecular flexibility index (Phi) is 4.37. The third kappa shape index (κ3) is 3.24. The molecule has 18 heavy (non-hydrogen) atoms. The first-order chi connectivity index (χ1) is 8.27. The zero-order valence-corrected chi connectivity index (χ0v) is 10.9. The maximum absolute atomic E-state index is 11.8. The van der Waals surface area contributed by atoms with Gasteiger partial charge in [-0.05, 0) is 19.9 Å². The second-order valence-electron chi connectivity index (χ2n) is 4.09. The van der Waals surface area contributed by atoms with E-state index in [0.717, 1.165) is 6.92 Å². The lowest BCUT2D eigenvalue weighted by Gasteiger charge is -2.18. The predicted molar refractivity (Wildman–Crippen MR) is 65.7 cm³/mol. The minimum atomic E-state index is -2.00. The highest BCUT2D eigenvalue weighted by atomic mass is 35.5. The maximum atomic E-state index is 11.8. The van der Waals surface area contributed by atoms with E-state index in [1.807, 2.05) is 6.92 Å². The SMILES string of the molecule is CCn1cc(Cl)cc1C(=O)NCC(C)(O)C(=O)O. The summed E-state index contributed by atoms with van der Waals surface area (Å²) in [6.07, 6.45) is 1.60. The number of rotatable bonds is 5. The van der Waals surface area contributed by atoms with Gasteiger partial charge in [-0.25, -0.2) is 4.79 Å². The number of nitrogens with zero attached hydrogens (tertiary/aromatic N) is 1. The summed E-state index contributed by atoms with van der Waals surface area (Å²) in [5.41, 5.74) is -1.67. The number of carboxylic acids is 1. The van der Waals surface area contributed by atoms with Crippen LogP contribution in [0.25, 0.3) is 0 Å². The third-order valence-electron chi connectivity index (χ3n) is 2.49. The van der Waals surface area contributed by atoms with Crippen LogP contribution >= 0.6 is 11.6 Å². The van der Waals surface area contributed by atoms with Crippen LogP contribution in [0.1, 0.15) is 24.3 Å². The lowest BCUT2D eigenvalue weighted by Crippen LogP contribution is -2.46. The minimum Gasteiger partial charge on any atom is -0.479 e. The van der Waals surface area contributed by atoms with Crippen molar-refractivity contribution in [3.63, 3.8) is 0 Å². The molecule has 1 amide bonds. The van der Waals surface area contributed by atoms with Gasteiger partial charge in [-0.3, -0.25) is 4.79 Å². The first-order valence-electron chi connectivity index (χ1n) is 5.37. The van der Waals surface area contributed by atoms with Gasteiger partial charge in [0.15, 0.2) is 5.60 Å². The van der Waals surface area contributed by atoms with Crippen molar-refractivity contribution in [2.24, 2.45) is 0 Å². The molecular weight excluding hydrogens is 260 g/mol. The van der Waals surface area contributed by atoms with Crippen LogP contribution in [0.4, 0.5) is 0 Å². The van der Waals surface area contributed by atoms with Crippen LogP contribution in [0.15, 0.2) is 12.3 Å². The largest absolute Gasteiger partial charge is 0.479 e. The molecular formula is C11H15ClN2O4. The van der Waals surface area contributed by atoms with E-state index in [1.165, 1.54) is 6.07 Å². The first-order valence-corrected chi connectivity index (χ1v) is 5.75. The van der Waals surface area contributed by atoms with Crippen molar-refractivity contribution in [1.82, 2.24) is 9.88 Å². The van der Waals surface area contributed by atoms with Crippen molar-refractivity contribution in [1.29, 1.82) is 0 Å². The summed E-state index contributed by atoms with van der Waals surface area (Å²) >= 11 is 5.78. The number of aromatic nitrogens is 1. The second-order valence-corrected chi connectivity index (χ2v) is 4.53. The lowest BCUT2D eigenvalue weighted by atomic mass is 10.1. The molecule has 0 aliphatic rings. The summed E-state index contributed by atoms with van der Waals surface area (Å²) in [6, 6.07) is 1.48. The van der Waals surface area contributed by atoms with Gasteiger partial charge in [-0.1, -0.05) is 11.6 Å². The number of nitrogens with one attached hydrogen (secondary N) is 1. The summed E-state index contributed by atoms with van der Waals surface area (Å²) in [5, 5.41) is 21.0. The van der Waals surface area contributed by atoms with Crippen molar-refractivity contribution < 1.29 is 19.8 Å². The smallest absolute Gasteiger partial charge is 0.337 e. The van der Waals surface area contributed by atoms with E-state index in [4.69, 9.17) is 16.7 Å². The molecule has 0 spiro atoms. The van der Waals surface area contributed by atoms with Crippen molar-refractivity contribution in [3.8, 4) is 0 Å². The number of carbonyl (C=O) groups is 2. The number of amides is 1. The summed E-state index contributed by atoms with van der Waals surface area (Å²) in [7, 11) is 0. The molecule has 0 aromatic carbocycles. The van der Waals surface area contributed by atoms with Crippen molar-refractivity contribution in [3.05, 3.63) is 23.0 Å². The normalized spacial score (nSPS) is 14.0. The minimum absolute atomic E-state index is 0.323. The molecule has 0 aliphatic carbocycles. The number of aryl methyl sites for hydroxylation is 1. The zero-order chi connectivity index (χ0) is 13.9. The average molecular weight is 275 g/mol. The molecule has 0 fully saturated rings. The molecule has 7 heteroatoms. The molecule has 0 radical (unpaired) electrons. The molecule has 0 saturated carbocycles. The van der Waals surface area contributed by atoms with E-state index in [2.05, 4.69) is 5.32 Å². The Morgan fingerprint density at radius 2 is 2.17 bits per heavy atom. The number of halogens is 1. The number of carbonyl (C=O) groups excluding carboxylic acids is 1. The predicted octanol–water partition coefficient (Wildman–Crippen LogP) is 0.727. The van der Waals surface area contributed by atoms with E-state index >= 15 is 0 Å². The van der Waals surface area contributed by atoms with Crippen LogP contribution in [0, 0.1) is 0 Å². The molecule has 3 N–H and O–H groups in total. The molecule has 1 heterocycles. The van der Waals surface area contributed by atoms with Crippen LogP contribution in [0.3, 0.4) is 0 Å². The highest BCUT2D eigenvalue weighted by molar-refractivity contribution is 6.31. The molecule has 1 aromatic rings. The Balaban J connectivity index is 2.74. The third-order valence-corrected chi connectivity index (χ3v) is 2.70. The van der Waals surface area contributed by atoms with E-state index in [0.29, 0.717) is 17.3 Å². The summed E-state index contributed by atoms with van der Waals surface area (Å²) in [6.45, 7) is 3.14. The highest BCUT2D eigenvalue weighted by Gasteiger charge is 2.30. The summed E-state index contributed by atoms with van der Waals surface area (Å²) < 4.78 is 1.63. The van der Waals surface area contributed by atoms with E-state index in [1.54, 1.807) is 10.8 Å². The lowest BCUT2D eigenvalue weighted by molar-refractivity contribution is -0.155. The average Bonchev–Trinajstić information content (AvgIpc) is 2.67. The van der Waals surface area contributed by atoms with Gasteiger partial charge in [0.05, 0.1) is 11.6 Å². The molecule has 0 aliphatic heterocycles. The van der Waals surface area contributed by atoms with Gasteiger partial charge >= 0.3 is 5.97 Å². The van der Waals surface area contributed by atoms with Gasteiger partial charge in [0.2, 0.25) is 0 Å². The zero-order valence-electron chi connectivity index (χ0n) is 10.1. The van der Waals surface area contributed by atoms with E-state index in [-0.39, 0.29) is 6.54 Å². The molecule has 1 unspecified atom stereocenters. The second kappa shape index (κ2) is 5.41. The molecule has 0 bridgehead atoms.